The van der Waals surface area contributed by atoms with Crippen molar-refractivity contribution >= 4 is 11.8 Å². The summed E-state index contributed by atoms with van der Waals surface area (Å²) in [6.45, 7) is 7.88. The van der Waals surface area contributed by atoms with Gasteiger partial charge in [-0.15, -0.1) is 0 Å². The van der Waals surface area contributed by atoms with E-state index in [0.29, 0.717) is 18.4 Å². The molecule has 20 heavy (non-hydrogen) atoms. The maximum absolute atomic E-state index is 5.29. The van der Waals surface area contributed by atoms with Gasteiger partial charge in [0.15, 0.2) is 0 Å². The third kappa shape index (κ3) is 4.57. The molecule has 0 fully saturated rings. The summed E-state index contributed by atoms with van der Waals surface area (Å²) in [5.41, 5.74) is 0.939. The number of aryl methyl sites for hydroxylation is 1. The van der Waals surface area contributed by atoms with Crippen LogP contribution in [0.5, 0.6) is 0 Å². The summed E-state index contributed by atoms with van der Waals surface area (Å²) >= 11 is 0. The Balaban J connectivity index is 1.93. The lowest BCUT2D eigenvalue weighted by Crippen LogP contribution is -2.10. The van der Waals surface area contributed by atoms with Gasteiger partial charge in [0, 0.05) is 18.3 Å². The van der Waals surface area contributed by atoms with Gasteiger partial charge < -0.3 is 15.1 Å². The van der Waals surface area contributed by atoms with Gasteiger partial charge in [0.2, 0.25) is 5.95 Å². The van der Waals surface area contributed by atoms with E-state index in [0.717, 1.165) is 30.2 Å². The first kappa shape index (κ1) is 14.4. The molecule has 2 N–H and O–H groups in total. The zero-order valence-electron chi connectivity index (χ0n) is 12.3. The Kier molecular flexibility index (Phi) is 4.98. The lowest BCUT2D eigenvalue weighted by Gasteiger charge is -2.10. The zero-order chi connectivity index (χ0) is 14.4. The van der Waals surface area contributed by atoms with Crippen LogP contribution in [0.1, 0.15) is 31.7 Å². The van der Waals surface area contributed by atoms with Gasteiger partial charge in [-0.2, -0.15) is 4.98 Å². The van der Waals surface area contributed by atoms with Crippen molar-refractivity contribution in [1.82, 2.24) is 9.97 Å². The standard InChI is InChI=1S/C15H22N4O/c1-11(2)6-7-16-15-18-12(3)9-14(19-15)17-10-13-5-4-8-20-13/h4-5,8-9,11H,6-7,10H2,1-3H3,(H2,16,17,18,19). The lowest BCUT2D eigenvalue weighted by molar-refractivity contribution is 0.518. The maximum Gasteiger partial charge on any atom is 0.224 e. The van der Waals surface area contributed by atoms with Crippen LogP contribution in [-0.2, 0) is 6.54 Å². The second kappa shape index (κ2) is 6.93. The van der Waals surface area contributed by atoms with Crippen LogP contribution in [0.15, 0.2) is 28.9 Å². The highest BCUT2D eigenvalue weighted by molar-refractivity contribution is 5.42. The second-order valence-electron chi connectivity index (χ2n) is 5.26. The second-order valence-corrected chi connectivity index (χ2v) is 5.26. The Labute approximate surface area is 119 Å². The summed E-state index contributed by atoms with van der Waals surface area (Å²) in [5.74, 6) is 3.04. The van der Waals surface area contributed by atoms with Crippen molar-refractivity contribution in [1.29, 1.82) is 0 Å². The van der Waals surface area contributed by atoms with Gasteiger partial charge >= 0.3 is 0 Å². The molecular formula is C15H22N4O. The van der Waals surface area contributed by atoms with Crippen LogP contribution in [0.2, 0.25) is 0 Å². The van der Waals surface area contributed by atoms with Crippen molar-refractivity contribution in [2.45, 2.75) is 33.7 Å². The fourth-order valence-corrected chi connectivity index (χ4v) is 1.80. The average molecular weight is 274 g/mol. The number of rotatable bonds is 7. The van der Waals surface area contributed by atoms with Crippen LogP contribution in [0.3, 0.4) is 0 Å². The minimum Gasteiger partial charge on any atom is -0.467 e. The Hall–Kier alpha value is -2.04. The van der Waals surface area contributed by atoms with Gasteiger partial charge in [-0.3, -0.25) is 0 Å². The summed E-state index contributed by atoms with van der Waals surface area (Å²) < 4.78 is 5.29. The van der Waals surface area contributed by atoms with E-state index >= 15 is 0 Å². The molecule has 0 spiro atoms. The minimum atomic E-state index is 0.620. The molecule has 0 unspecified atom stereocenters. The minimum absolute atomic E-state index is 0.620. The highest BCUT2D eigenvalue weighted by Crippen LogP contribution is 2.12. The highest BCUT2D eigenvalue weighted by Gasteiger charge is 2.03. The molecule has 0 amide bonds. The van der Waals surface area contributed by atoms with Gasteiger partial charge in [-0.1, -0.05) is 13.8 Å². The number of furan rings is 1. The van der Waals surface area contributed by atoms with Crippen LogP contribution in [0, 0.1) is 12.8 Å². The Bertz CT molecular complexity index is 523. The van der Waals surface area contributed by atoms with Crippen molar-refractivity contribution in [3.8, 4) is 0 Å². The molecule has 0 aromatic carbocycles. The quantitative estimate of drug-likeness (QED) is 0.809. The molecule has 0 aliphatic carbocycles. The predicted molar refractivity (Wildman–Crippen MR) is 80.7 cm³/mol. The number of hydrogen-bond donors (Lipinski definition) is 2. The predicted octanol–water partition coefficient (Wildman–Crippen LogP) is 3.45. The first-order valence-corrected chi connectivity index (χ1v) is 6.99. The zero-order valence-corrected chi connectivity index (χ0v) is 12.3. The molecule has 2 aromatic rings. The number of nitrogens with zero attached hydrogens (tertiary/aromatic N) is 2. The molecule has 0 saturated heterocycles. The Morgan fingerprint density at radius 1 is 1.25 bits per heavy atom. The van der Waals surface area contributed by atoms with Crippen molar-refractivity contribution in [2.24, 2.45) is 5.92 Å². The van der Waals surface area contributed by atoms with Crippen LogP contribution in [-0.4, -0.2) is 16.5 Å². The van der Waals surface area contributed by atoms with Gasteiger partial charge in [0.05, 0.1) is 12.8 Å². The normalized spacial score (nSPS) is 10.8. The van der Waals surface area contributed by atoms with Crippen molar-refractivity contribution in [3.63, 3.8) is 0 Å². The van der Waals surface area contributed by atoms with E-state index in [2.05, 4.69) is 34.4 Å². The van der Waals surface area contributed by atoms with E-state index in [-0.39, 0.29) is 0 Å². The fraction of sp³-hybridized carbons (Fsp3) is 0.467. The summed E-state index contributed by atoms with van der Waals surface area (Å²) in [5, 5.41) is 6.51. The molecule has 2 rings (SSSR count). The largest absolute Gasteiger partial charge is 0.467 e. The summed E-state index contributed by atoms with van der Waals surface area (Å²) in [7, 11) is 0. The van der Waals surface area contributed by atoms with Crippen LogP contribution in [0.4, 0.5) is 11.8 Å². The smallest absolute Gasteiger partial charge is 0.224 e. The maximum atomic E-state index is 5.29. The van der Waals surface area contributed by atoms with Crippen molar-refractivity contribution in [2.75, 3.05) is 17.2 Å². The fourth-order valence-electron chi connectivity index (χ4n) is 1.80. The van der Waals surface area contributed by atoms with Crippen LogP contribution >= 0.6 is 0 Å². The topological polar surface area (TPSA) is 63.0 Å². The Morgan fingerprint density at radius 2 is 2.10 bits per heavy atom. The third-order valence-corrected chi connectivity index (χ3v) is 2.88. The molecule has 0 aliphatic heterocycles. The SMILES string of the molecule is Cc1cc(NCc2ccco2)nc(NCCC(C)C)n1. The van der Waals surface area contributed by atoms with E-state index in [9.17, 15) is 0 Å². The van der Waals surface area contributed by atoms with Crippen LogP contribution in [0.25, 0.3) is 0 Å². The molecule has 2 aromatic heterocycles. The molecule has 0 aliphatic rings. The number of aromatic nitrogens is 2. The van der Waals surface area contributed by atoms with E-state index in [1.54, 1.807) is 6.26 Å². The highest BCUT2D eigenvalue weighted by atomic mass is 16.3. The third-order valence-electron chi connectivity index (χ3n) is 2.88. The summed E-state index contributed by atoms with van der Waals surface area (Å²) in [4.78, 5) is 8.84. The Morgan fingerprint density at radius 3 is 2.80 bits per heavy atom. The first-order valence-electron chi connectivity index (χ1n) is 6.99. The van der Waals surface area contributed by atoms with E-state index in [1.165, 1.54) is 0 Å². The molecule has 0 atom stereocenters. The van der Waals surface area contributed by atoms with E-state index < -0.39 is 0 Å². The molecular weight excluding hydrogens is 252 g/mol. The van der Waals surface area contributed by atoms with E-state index in [1.807, 2.05) is 25.1 Å². The first-order chi connectivity index (χ1) is 9.63. The van der Waals surface area contributed by atoms with Gasteiger partial charge in [-0.05, 0) is 31.4 Å². The van der Waals surface area contributed by atoms with Gasteiger partial charge in [0.25, 0.3) is 0 Å². The van der Waals surface area contributed by atoms with Crippen molar-refractivity contribution < 1.29 is 4.42 Å². The molecule has 0 saturated carbocycles. The average Bonchev–Trinajstić information content (AvgIpc) is 2.88. The monoisotopic (exact) mass is 274 g/mol. The van der Waals surface area contributed by atoms with Crippen molar-refractivity contribution in [3.05, 3.63) is 35.9 Å². The van der Waals surface area contributed by atoms with Gasteiger partial charge in [0.1, 0.15) is 11.6 Å². The molecule has 0 bridgehead atoms. The van der Waals surface area contributed by atoms with Crippen LogP contribution < -0.4 is 10.6 Å². The lowest BCUT2D eigenvalue weighted by atomic mass is 10.1. The summed E-state index contributed by atoms with van der Waals surface area (Å²) in [6.07, 6.45) is 2.77. The molecule has 5 heteroatoms. The number of hydrogen-bond acceptors (Lipinski definition) is 5. The number of nitrogens with one attached hydrogen (secondary N) is 2. The molecule has 108 valence electrons. The molecule has 2 heterocycles. The number of anilines is 2. The van der Waals surface area contributed by atoms with Gasteiger partial charge in [-0.25, -0.2) is 4.98 Å². The summed E-state index contributed by atoms with van der Waals surface area (Å²) in [6, 6.07) is 5.74. The molecule has 0 radical (unpaired) electrons. The molecule has 5 nitrogen and oxygen atoms in total. The van der Waals surface area contributed by atoms with E-state index in [4.69, 9.17) is 4.42 Å².